The van der Waals surface area contributed by atoms with E-state index in [1.165, 1.54) is 18.5 Å². The van der Waals surface area contributed by atoms with E-state index in [0.717, 1.165) is 16.2 Å². The van der Waals surface area contributed by atoms with Gasteiger partial charge in [0.25, 0.3) is 5.56 Å². The normalized spacial score (nSPS) is 10.8. The van der Waals surface area contributed by atoms with E-state index < -0.39 is 17.3 Å². The van der Waals surface area contributed by atoms with Crippen LogP contribution in [0.3, 0.4) is 0 Å². The molecule has 0 saturated heterocycles. The van der Waals surface area contributed by atoms with Crippen molar-refractivity contribution >= 4 is 22.5 Å². The van der Waals surface area contributed by atoms with E-state index in [2.05, 4.69) is 10.3 Å². The van der Waals surface area contributed by atoms with E-state index in [4.69, 9.17) is 9.47 Å². The topological polar surface area (TPSA) is 82.4 Å². The van der Waals surface area contributed by atoms with Crippen molar-refractivity contribution in [2.24, 2.45) is 0 Å². The molecule has 8 heteroatoms. The van der Waals surface area contributed by atoms with Gasteiger partial charge < -0.3 is 14.8 Å². The number of fused-ring (bicyclic) bond motifs is 1. The lowest BCUT2D eigenvalue weighted by Crippen LogP contribution is -2.28. The van der Waals surface area contributed by atoms with Crippen LogP contribution in [0, 0.1) is 12.7 Å². The van der Waals surface area contributed by atoms with Gasteiger partial charge in [-0.3, -0.25) is 14.2 Å². The molecule has 0 aliphatic carbocycles. The van der Waals surface area contributed by atoms with E-state index in [1.54, 1.807) is 19.2 Å². The van der Waals surface area contributed by atoms with Gasteiger partial charge in [0.05, 0.1) is 29.5 Å². The average Bonchev–Trinajstić information content (AvgIpc) is 2.67. The van der Waals surface area contributed by atoms with Crippen molar-refractivity contribution in [3.8, 4) is 5.75 Å². The number of rotatable bonds is 7. The van der Waals surface area contributed by atoms with Gasteiger partial charge >= 0.3 is 0 Å². The highest BCUT2D eigenvalue weighted by atomic mass is 19.1. The van der Waals surface area contributed by atoms with Crippen LogP contribution in [0.4, 0.5) is 10.1 Å². The zero-order valence-electron chi connectivity index (χ0n) is 15.6. The van der Waals surface area contributed by atoms with Crippen molar-refractivity contribution < 1.29 is 18.7 Å². The summed E-state index contributed by atoms with van der Waals surface area (Å²) in [6, 6.07) is 9.14. The minimum Gasteiger partial charge on any atom is -0.489 e. The first kappa shape index (κ1) is 19.5. The monoisotopic (exact) mass is 385 g/mol. The summed E-state index contributed by atoms with van der Waals surface area (Å²) >= 11 is 0. The minimum absolute atomic E-state index is 0.120. The third kappa shape index (κ3) is 4.52. The van der Waals surface area contributed by atoms with E-state index in [-0.39, 0.29) is 11.9 Å². The molecule has 1 amide bonds. The number of ether oxygens (including phenoxy) is 2. The maximum atomic E-state index is 13.4. The molecule has 0 saturated carbocycles. The third-order valence-electron chi connectivity index (χ3n) is 4.06. The molecule has 3 aromatic rings. The SMILES string of the molecule is COCCOc1cc(C)ccc1NC(=O)Cn1cnc2ccc(F)cc2c1=O. The molecule has 3 rings (SSSR count). The molecule has 146 valence electrons. The Morgan fingerprint density at radius 2 is 2.04 bits per heavy atom. The van der Waals surface area contributed by atoms with Gasteiger partial charge in [0.1, 0.15) is 24.7 Å². The second-order valence-electron chi connectivity index (χ2n) is 6.23. The number of nitrogens with zero attached hydrogens (tertiary/aromatic N) is 2. The van der Waals surface area contributed by atoms with Crippen LogP contribution in [-0.4, -0.2) is 35.8 Å². The van der Waals surface area contributed by atoms with Crippen molar-refractivity contribution in [1.29, 1.82) is 0 Å². The van der Waals surface area contributed by atoms with Crippen molar-refractivity contribution in [3.05, 3.63) is 64.5 Å². The molecule has 0 radical (unpaired) electrons. The van der Waals surface area contributed by atoms with Gasteiger partial charge in [-0.25, -0.2) is 9.37 Å². The molecular weight excluding hydrogens is 365 g/mol. The quantitative estimate of drug-likeness (QED) is 0.632. The largest absolute Gasteiger partial charge is 0.489 e. The Balaban J connectivity index is 1.78. The number of anilines is 1. The van der Waals surface area contributed by atoms with Gasteiger partial charge in [-0.2, -0.15) is 0 Å². The molecule has 0 atom stereocenters. The summed E-state index contributed by atoms with van der Waals surface area (Å²) in [4.78, 5) is 29.0. The first-order chi connectivity index (χ1) is 13.5. The Morgan fingerprint density at radius 1 is 1.21 bits per heavy atom. The van der Waals surface area contributed by atoms with E-state index in [1.807, 2.05) is 13.0 Å². The van der Waals surface area contributed by atoms with Gasteiger partial charge in [-0.1, -0.05) is 6.07 Å². The van der Waals surface area contributed by atoms with Crippen LogP contribution in [0.15, 0.2) is 47.5 Å². The third-order valence-corrected chi connectivity index (χ3v) is 4.06. The zero-order chi connectivity index (χ0) is 20.1. The van der Waals surface area contributed by atoms with E-state index >= 15 is 0 Å². The lowest BCUT2D eigenvalue weighted by Gasteiger charge is -2.14. The van der Waals surface area contributed by atoms with Gasteiger partial charge in [-0.15, -0.1) is 0 Å². The van der Waals surface area contributed by atoms with Crippen LogP contribution in [-0.2, 0) is 16.1 Å². The number of halogens is 1. The average molecular weight is 385 g/mol. The maximum Gasteiger partial charge on any atom is 0.261 e. The number of hydrogen-bond donors (Lipinski definition) is 1. The van der Waals surface area contributed by atoms with Crippen LogP contribution < -0.4 is 15.6 Å². The number of carbonyl (C=O) groups excluding carboxylic acids is 1. The summed E-state index contributed by atoms with van der Waals surface area (Å²) in [7, 11) is 1.57. The Kier molecular flexibility index (Phi) is 6.00. The van der Waals surface area contributed by atoms with Gasteiger partial charge in [0.15, 0.2) is 0 Å². The van der Waals surface area contributed by atoms with E-state index in [9.17, 15) is 14.0 Å². The summed E-state index contributed by atoms with van der Waals surface area (Å²) in [5.41, 5.74) is 1.34. The smallest absolute Gasteiger partial charge is 0.261 e. The van der Waals surface area contributed by atoms with Gasteiger partial charge in [0, 0.05) is 7.11 Å². The molecule has 0 unspecified atom stereocenters. The molecule has 0 aliphatic heterocycles. The second-order valence-corrected chi connectivity index (χ2v) is 6.23. The summed E-state index contributed by atoms with van der Waals surface area (Å²) in [5, 5.41) is 2.85. The summed E-state index contributed by atoms with van der Waals surface area (Å²) < 4.78 is 25.2. The number of amides is 1. The highest BCUT2D eigenvalue weighted by Crippen LogP contribution is 2.25. The number of aryl methyl sites for hydroxylation is 1. The van der Waals surface area contributed by atoms with E-state index in [0.29, 0.717) is 30.2 Å². The molecule has 7 nitrogen and oxygen atoms in total. The number of hydrogen-bond acceptors (Lipinski definition) is 5. The van der Waals surface area contributed by atoms with Crippen LogP contribution in [0.25, 0.3) is 10.9 Å². The second kappa shape index (κ2) is 8.62. The van der Waals surface area contributed by atoms with Crippen LogP contribution >= 0.6 is 0 Å². The Morgan fingerprint density at radius 3 is 2.82 bits per heavy atom. The molecule has 0 fully saturated rings. The molecule has 28 heavy (non-hydrogen) atoms. The lowest BCUT2D eigenvalue weighted by atomic mass is 10.2. The van der Waals surface area contributed by atoms with Gasteiger partial charge in [-0.05, 0) is 42.8 Å². The summed E-state index contributed by atoms with van der Waals surface area (Å²) in [6.45, 7) is 2.40. The van der Waals surface area contributed by atoms with Crippen LogP contribution in [0.2, 0.25) is 0 Å². The fourth-order valence-corrected chi connectivity index (χ4v) is 2.68. The fourth-order valence-electron chi connectivity index (χ4n) is 2.68. The van der Waals surface area contributed by atoms with Crippen molar-refractivity contribution in [2.75, 3.05) is 25.6 Å². The Labute approximate surface area is 160 Å². The minimum atomic E-state index is -0.536. The summed E-state index contributed by atoms with van der Waals surface area (Å²) in [6.07, 6.45) is 1.27. The fraction of sp³-hybridized carbons (Fsp3) is 0.250. The number of methoxy groups -OCH3 is 1. The molecule has 1 heterocycles. The molecule has 2 aromatic carbocycles. The zero-order valence-corrected chi connectivity index (χ0v) is 15.6. The predicted molar refractivity (Wildman–Crippen MR) is 103 cm³/mol. The first-order valence-electron chi connectivity index (χ1n) is 8.65. The van der Waals surface area contributed by atoms with Crippen LogP contribution in [0.5, 0.6) is 5.75 Å². The maximum absolute atomic E-state index is 13.4. The standard InChI is InChI=1S/C20H20FN3O4/c1-13-3-5-17(18(9-13)28-8-7-27-2)23-19(25)11-24-12-22-16-6-4-14(21)10-15(16)20(24)26/h3-6,9-10,12H,7-8,11H2,1-2H3,(H,23,25). The number of benzene rings is 2. The Bertz CT molecular complexity index is 1060. The molecular formula is C20H20FN3O4. The van der Waals surface area contributed by atoms with Crippen molar-refractivity contribution in [3.63, 3.8) is 0 Å². The lowest BCUT2D eigenvalue weighted by molar-refractivity contribution is -0.116. The molecule has 1 N–H and O–H groups in total. The Hall–Kier alpha value is -3.26. The van der Waals surface area contributed by atoms with Crippen molar-refractivity contribution in [1.82, 2.24) is 9.55 Å². The highest BCUT2D eigenvalue weighted by molar-refractivity contribution is 5.92. The number of nitrogens with one attached hydrogen (secondary N) is 1. The predicted octanol–water partition coefficient (Wildman–Crippen LogP) is 2.51. The van der Waals surface area contributed by atoms with Crippen LogP contribution in [0.1, 0.15) is 5.56 Å². The molecule has 0 aliphatic rings. The number of aromatic nitrogens is 2. The molecule has 0 spiro atoms. The molecule has 0 bridgehead atoms. The van der Waals surface area contributed by atoms with Crippen molar-refractivity contribution in [2.45, 2.75) is 13.5 Å². The summed E-state index contributed by atoms with van der Waals surface area (Å²) in [5.74, 6) is -0.456. The highest BCUT2D eigenvalue weighted by Gasteiger charge is 2.12. The molecule has 1 aromatic heterocycles. The number of carbonyl (C=O) groups is 1. The first-order valence-corrected chi connectivity index (χ1v) is 8.65. The van der Waals surface area contributed by atoms with Gasteiger partial charge in [0.2, 0.25) is 5.91 Å².